The van der Waals surface area contributed by atoms with Gasteiger partial charge in [-0.2, -0.15) is 0 Å². The van der Waals surface area contributed by atoms with E-state index >= 15 is 0 Å². The Labute approximate surface area is 123 Å². The summed E-state index contributed by atoms with van der Waals surface area (Å²) in [6, 6.07) is 0. The second kappa shape index (κ2) is 4.89. The van der Waals surface area contributed by atoms with Crippen LogP contribution >= 0.6 is 0 Å². The fourth-order valence-corrected chi connectivity index (χ4v) is 3.11. The van der Waals surface area contributed by atoms with Gasteiger partial charge in [0.05, 0.1) is 13.5 Å². The molecule has 0 spiro atoms. The maximum Gasteiger partial charge on any atom is 0.308 e. The van der Waals surface area contributed by atoms with E-state index in [0.29, 0.717) is 0 Å². The van der Waals surface area contributed by atoms with Crippen molar-refractivity contribution in [2.75, 3.05) is 7.11 Å². The van der Waals surface area contributed by atoms with Crippen LogP contribution in [0.5, 0.6) is 0 Å². The molecule has 0 aliphatic carbocycles. The van der Waals surface area contributed by atoms with E-state index in [2.05, 4.69) is 0 Å². The van der Waals surface area contributed by atoms with E-state index in [1.54, 1.807) is 0 Å². The standard InChI is InChI=1S/C14H22O7/c1-13(2)18-9-7(6-8(15)16-5)17-12-11(10(9)19-13)20-14(3,4)21-12/h7,9-12H,6H2,1-5H3/t7-,9+,10+,11-,12-/m1/s1. The quantitative estimate of drug-likeness (QED) is 0.703. The Morgan fingerprint density at radius 1 is 0.952 bits per heavy atom. The molecule has 3 aliphatic rings. The Morgan fingerprint density at radius 3 is 2.19 bits per heavy atom. The van der Waals surface area contributed by atoms with Crippen molar-refractivity contribution in [3.8, 4) is 0 Å². The number of fused-ring (bicyclic) bond motifs is 3. The number of carbonyl (C=O) groups excluding carboxylic acids is 1. The van der Waals surface area contributed by atoms with E-state index in [4.69, 9.17) is 28.4 Å². The number of hydrogen-bond acceptors (Lipinski definition) is 7. The van der Waals surface area contributed by atoms with E-state index in [-0.39, 0.29) is 24.6 Å². The number of rotatable bonds is 2. The van der Waals surface area contributed by atoms with Gasteiger partial charge in [0.2, 0.25) is 0 Å². The van der Waals surface area contributed by atoms with Crippen molar-refractivity contribution in [2.24, 2.45) is 0 Å². The first-order valence-electron chi connectivity index (χ1n) is 7.14. The van der Waals surface area contributed by atoms with Gasteiger partial charge in [-0.25, -0.2) is 0 Å². The highest BCUT2D eigenvalue weighted by atomic mass is 16.9. The minimum absolute atomic E-state index is 0.0874. The Bertz CT molecular complexity index is 433. The Balaban J connectivity index is 1.83. The molecule has 0 unspecified atom stereocenters. The fraction of sp³-hybridized carbons (Fsp3) is 0.929. The Kier molecular flexibility index (Phi) is 3.53. The van der Waals surface area contributed by atoms with Crippen LogP contribution in [-0.4, -0.2) is 55.4 Å². The van der Waals surface area contributed by atoms with Gasteiger partial charge in [-0.05, 0) is 27.7 Å². The highest BCUT2D eigenvalue weighted by molar-refractivity contribution is 5.69. The smallest absolute Gasteiger partial charge is 0.308 e. The molecule has 7 nitrogen and oxygen atoms in total. The van der Waals surface area contributed by atoms with Crippen LogP contribution < -0.4 is 0 Å². The van der Waals surface area contributed by atoms with Crippen LogP contribution in [0.1, 0.15) is 34.1 Å². The average Bonchev–Trinajstić information content (AvgIpc) is 2.84. The summed E-state index contributed by atoms with van der Waals surface area (Å²) in [6.07, 6.45) is -2.07. The normalized spacial score (nSPS) is 43.2. The Morgan fingerprint density at radius 2 is 1.52 bits per heavy atom. The summed E-state index contributed by atoms with van der Waals surface area (Å²) in [6.45, 7) is 7.30. The summed E-state index contributed by atoms with van der Waals surface area (Å²) in [4.78, 5) is 11.6. The van der Waals surface area contributed by atoms with Crippen molar-refractivity contribution in [1.29, 1.82) is 0 Å². The van der Waals surface area contributed by atoms with Gasteiger partial charge in [-0.15, -0.1) is 0 Å². The topological polar surface area (TPSA) is 72.5 Å². The van der Waals surface area contributed by atoms with E-state index < -0.39 is 30.1 Å². The molecular formula is C14H22O7. The van der Waals surface area contributed by atoms with Crippen molar-refractivity contribution in [2.45, 2.75) is 76.4 Å². The molecule has 5 atom stereocenters. The third-order valence-electron chi connectivity index (χ3n) is 3.85. The molecule has 0 saturated carbocycles. The summed E-state index contributed by atoms with van der Waals surface area (Å²) in [5.41, 5.74) is 0. The molecule has 0 aromatic rings. The molecule has 21 heavy (non-hydrogen) atoms. The van der Waals surface area contributed by atoms with E-state index in [1.807, 2.05) is 27.7 Å². The van der Waals surface area contributed by atoms with Crippen LogP contribution in [-0.2, 0) is 33.2 Å². The lowest BCUT2D eigenvalue weighted by Crippen LogP contribution is -2.55. The number of methoxy groups -OCH3 is 1. The van der Waals surface area contributed by atoms with Crippen LogP contribution in [0, 0.1) is 0 Å². The van der Waals surface area contributed by atoms with Gasteiger partial charge in [-0.1, -0.05) is 0 Å². The van der Waals surface area contributed by atoms with Gasteiger partial charge < -0.3 is 28.4 Å². The van der Waals surface area contributed by atoms with Crippen molar-refractivity contribution < 1.29 is 33.2 Å². The zero-order valence-electron chi connectivity index (χ0n) is 13.0. The molecule has 0 aromatic heterocycles. The van der Waals surface area contributed by atoms with Gasteiger partial charge in [0.25, 0.3) is 0 Å². The third-order valence-corrected chi connectivity index (χ3v) is 3.85. The lowest BCUT2D eigenvalue weighted by molar-refractivity contribution is -0.235. The van der Waals surface area contributed by atoms with Crippen molar-refractivity contribution >= 4 is 5.97 Å². The maximum atomic E-state index is 11.6. The first kappa shape index (κ1) is 15.2. The molecule has 0 aromatic carbocycles. The van der Waals surface area contributed by atoms with Crippen molar-refractivity contribution in [3.63, 3.8) is 0 Å². The first-order valence-corrected chi connectivity index (χ1v) is 7.14. The molecule has 120 valence electrons. The highest BCUT2D eigenvalue weighted by Crippen LogP contribution is 2.44. The van der Waals surface area contributed by atoms with E-state index in [0.717, 1.165) is 0 Å². The average molecular weight is 302 g/mol. The predicted molar refractivity (Wildman–Crippen MR) is 69.2 cm³/mol. The molecule has 0 radical (unpaired) electrons. The minimum Gasteiger partial charge on any atom is -0.469 e. The molecule has 0 amide bonds. The summed E-state index contributed by atoms with van der Waals surface area (Å²) < 4.78 is 34.0. The first-order chi connectivity index (χ1) is 9.71. The maximum absolute atomic E-state index is 11.6. The summed E-state index contributed by atoms with van der Waals surface area (Å²) in [5, 5.41) is 0. The molecule has 0 N–H and O–H groups in total. The van der Waals surface area contributed by atoms with Crippen molar-refractivity contribution in [1.82, 2.24) is 0 Å². The monoisotopic (exact) mass is 302 g/mol. The lowest BCUT2D eigenvalue weighted by atomic mass is 9.97. The van der Waals surface area contributed by atoms with Gasteiger partial charge in [0, 0.05) is 0 Å². The largest absolute Gasteiger partial charge is 0.469 e. The summed E-state index contributed by atoms with van der Waals surface area (Å²) >= 11 is 0. The highest BCUT2D eigenvalue weighted by Gasteiger charge is 2.60. The number of esters is 1. The molecule has 7 heteroatoms. The third kappa shape index (κ3) is 2.80. The molecule has 3 saturated heterocycles. The van der Waals surface area contributed by atoms with Crippen LogP contribution in [0.3, 0.4) is 0 Å². The van der Waals surface area contributed by atoms with Crippen LogP contribution in [0.15, 0.2) is 0 Å². The fourth-order valence-electron chi connectivity index (χ4n) is 3.11. The van der Waals surface area contributed by atoms with Gasteiger partial charge in [0.1, 0.15) is 24.4 Å². The van der Waals surface area contributed by atoms with Gasteiger partial charge >= 0.3 is 5.97 Å². The summed E-state index contributed by atoms with van der Waals surface area (Å²) in [7, 11) is 1.35. The summed E-state index contributed by atoms with van der Waals surface area (Å²) in [5.74, 6) is -1.86. The second-order valence-electron chi connectivity index (χ2n) is 6.49. The molecule has 3 rings (SSSR count). The van der Waals surface area contributed by atoms with Gasteiger partial charge in [0.15, 0.2) is 17.9 Å². The van der Waals surface area contributed by atoms with Crippen molar-refractivity contribution in [3.05, 3.63) is 0 Å². The molecular weight excluding hydrogens is 280 g/mol. The molecule has 0 bridgehead atoms. The van der Waals surface area contributed by atoms with Gasteiger partial charge in [-0.3, -0.25) is 4.79 Å². The zero-order valence-corrected chi connectivity index (χ0v) is 13.0. The minimum atomic E-state index is -0.754. The molecule has 3 fully saturated rings. The van der Waals surface area contributed by atoms with E-state index in [9.17, 15) is 4.79 Å². The van der Waals surface area contributed by atoms with E-state index in [1.165, 1.54) is 7.11 Å². The lowest BCUT2D eigenvalue weighted by Gasteiger charge is -2.36. The number of carbonyl (C=O) groups is 1. The van der Waals surface area contributed by atoms with Crippen LogP contribution in [0.25, 0.3) is 0 Å². The number of hydrogen-bond donors (Lipinski definition) is 0. The zero-order chi connectivity index (χ0) is 15.4. The molecule has 3 aliphatic heterocycles. The SMILES string of the molecule is COC(=O)C[C@H]1O[C@@H]2OC(C)(C)O[C@@H]2[C@H]2OC(C)(C)O[C@H]21. The van der Waals surface area contributed by atoms with Crippen LogP contribution in [0.2, 0.25) is 0 Å². The predicted octanol–water partition coefficient (Wildman–Crippen LogP) is 0.946. The second-order valence-corrected chi connectivity index (χ2v) is 6.49. The Hall–Kier alpha value is -0.730. The van der Waals surface area contributed by atoms with Crippen LogP contribution in [0.4, 0.5) is 0 Å². The number of ether oxygens (including phenoxy) is 6. The molecule has 3 heterocycles.